The molecular formula is C13H27NO2. The molecule has 0 fully saturated rings. The molecule has 0 aromatic heterocycles. The standard InChI is InChI=1S/C13H27NO2/c1-3-4-5-6-7-8-9-11-14-12-10-13(15)16-2/h14H,3-12H2,1-2H3. The zero-order valence-electron chi connectivity index (χ0n) is 10.9. The third-order valence-electron chi connectivity index (χ3n) is 2.69. The van der Waals surface area contributed by atoms with E-state index in [1.165, 1.54) is 52.1 Å². The van der Waals surface area contributed by atoms with Crippen molar-refractivity contribution >= 4 is 5.97 Å². The summed E-state index contributed by atoms with van der Waals surface area (Å²) < 4.78 is 4.55. The highest BCUT2D eigenvalue weighted by Crippen LogP contribution is 2.06. The van der Waals surface area contributed by atoms with E-state index in [9.17, 15) is 4.79 Å². The Labute approximate surface area is 99.9 Å². The molecule has 0 amide bonds. The van der Waals surface area contributed by atoms with Crippen molar-refractivity contribution in [3.8, 4) is 0 Å². The predicted octanol–water partition coefficient (Wildman–Crippen LogP) is 2.89. The van der Waals surface area contributed by atoms with E-state index in [-0.39, 0.29) is 5.97 Å². The summed E-state index contributed by atoms with van der Waals surface area (Å²) in [6.45, 7) is 4.00. The van der Waals surface area contributed by atoms with Crippen LogP contribution in [-0.4, -0.2) is 26.2 Å². The van der Waals surface area contributed by atoms with Crippen LogP contribution in [0.15, 0.2) is 0 Å². The molecule has 0 aliphatic carbocycles. The minimum Gasteiger partial charge on any atom is -0.469 e. The van der Waals surface area contributed by atoms with E-state index < -0.39 is 0 Å². The quantitative estimate of drug-likeness (QED) is 0.437. The average Bonchev–Trinajstić information content (AvgIpc) is 2.31. The molecule has 3 nitrogen and oxygen atoms in total. The molecule has 0 heterocycles. The number of carbonyl (C=O) groups excluding carboxylic acids is 1. The van der Waals surface area contributed by atoms with Crippen molar-refractivity contribution < 1.29 is 9.53 Å². The van der Waals surface area contributed by atoms with Crippen molar-refractivity contribution in [1.82, 2.24) is 5.32 Å². The summed E-state index contributed by atoms with van der Waals surface area (Å²) in [7, 11) is 1.43. The maximum atomic E-state index is 10.8. The lowest BCUT2D eigenvalue weighted by atomic mass is 10.1. The van der Waals surface area contributed by atoms with Crippen LogP contribution in [-0.2, 0) is 9.53 Å². The van der Waals surface area contributed by atoms with Crippen molar-refractivity contribution in [3.63, 3.8) is 0 Å². The van der Waals surface area contributed by atoms with Crippen LogP contribution >= 0.6 is 0 Å². The lowest BCUT2D eigenvalue weighted by molar-refractivity contribution is -0.140. The average molecular weight is 229 g/mol. The van der Waals surface area contributed by atoms with Gasteiger partial charge in [0, 0.05) is 6.54 Å². The first-order valence-corrected chi connectivity index (χ1v) is 6.58. The number of esters is 1. The normalized spacial score (nSPS) is 10.4. The van der Waals surface area contributed by atoms with Crippen LogP contribution in [0.1, 0.15) is 58.3 Å². The Morgan fingerprint density at radius 3 is 2.25 bits per heavy atom. The van der Waals surface area contributed by atoms with E-state index in [1.54, 1.807) is 0 Å². The van der Waals surface area contributed by atoms with Gasteiger partial charge in [0.05, 0.1) is 13.5 Å². The van der Waals surface area contributed by atoms with E-state index in [4.69, 9.17) is 0 Å². The van der Waals surface area contributed by atoms with Gasteiger partial charge in [-0.05, 0) is 13.0 Å². The largest absolute Gasteiger partial charge is 0.469 e. The van der Waals surface area contributed by atoms with E-state index in [1.807, 2.05) is 0 Å². The SMILES string of the molecule is CCCCCCCCCNCCC(=O)OC. The Morgan fingerprint density at radius 1 is 1.00 bits per heavy atom. The highest BCUT2D eigenvalue weighted by Gasteiger charge is 1.97. The Kier molecular flexibility index (Phi) is 12.1. The summed E-state index contributed by atoms with van der Waals surface area (Å²) in [5.74, 6) is -0.132. The third-order valence-corrected chi connectivity index (χ3v) is 2.69. The van der Waals surface area contributed by atoms with Crippen LogP contribution in [0.4, 0.5) is 0 Å². The number of hydrogen-bond donors (Lipinski definition) is 1. The number of carbonyl (C=O) groups is 1. The van der Waals surface area contributed by atoms with Gasteiger partial charge in [-0.1, -0.05) is 45.4 Å². The maximum absolute atomic E-state index is 10.8. The van der Waals surface area contributed by atoms with Crippen molar-refractivity contribution in [1.29, 1.82) is 0 Å². The first kappa shape index (κ1) is 15.4. The van der Waals surface area contributed by atoms with Crippen molar-refractivity contribution in [2.45, 2.75) is 58.3 Å². The molecule has 96 valence electrons. The minimum atomic E-state index is -0.132. The van der Waals surface area contributed by atoms with E-state index in [2.05, 4.69) is 17.0 Å². The number of methoxy groups -OCH3 is 1. The smallest absolute Gasteiger partial charge is 0.306 e. The number of hydrogen-bond acceptors (Lipinski definition) is 3. The van der Waals surface area contributed by atoms with Gasteiger partial charge in [-0.15, -0.1) is 0 Å². The Balaban J connectivity index is 2.96. The molecule has 0 radical (unpaired) electrons. The van der Waals surface area contributed by atoms with Gasteiger partial charge in [0.2, 0.25) is 0 Å². The van der Waals surface area contributed by atoms with Crippen LogP contribution in [0.3, 0.4) is 0 Å². The second-order valence-electron chi connectivity index (χ2n) is 4.20. The zero-order chi connectivity index (χ0) is 12.1. The summed E-state index contributed by atoms with van der Waals surface area (Å²) in [6, 6.07) is 0. The fourth-order valence-corrected chi connectivity index (χ4v) is 1.62. The number of nitrogens with one attached hydrogen (secondary N) is 1. The van der Waals surface area contributed by atoms with E-state index in [0.717, 1.165) is 13.1 Å². The minimum absolute atomic E-state index is 0.132. The Morgan fingerprint density at radius 2 is 1.62 bits per heavy atom. The molecule has 0 aromatic carbocycles. The summed E-state index contributed by atoms with van der Waals surface area (Å²) >= 11 is 0. The van der Waals surface area contributed by atoms with Gasteiger partial charge in [-0.25, -0.2) is 0 Å². The van der Waals surface area contributed by atoms with Crippen LogP contribution in [0.2, 0.25) is 0 Å². The summed E-state index contributed by atoms with van der Waals surface area (Å²) in [6.07, 6.45) is 9.78. The van der Waals surface area contributed by atoms with Gasteiger partial charge < -0.3 is 10.1 Å². The molecule has 0 bridgehead atoms. The molecule has 0 spiro atoms. The molecule has 0 unspecified atom stereocenters. The van der Waals surface area contributed by atoms with Gasteiger partial charge >= 0.3 is 5.97 Å². The number of unbranched alkanes of at least 4 members (excludes halogenated alkanes) is 6. The molecule has 3 heteroatoms. The van der Waals surface area contributed by atoms with Crippen molar-refractivity contribution in [2.75, 3.05) is 20.2 Å². The van der Waals surface area contributed by atoms with Gasteiger partial charge in [0.1, 0.15) is 0 Å². The lowest BCUT2D eigenvalue weighted by Gasteiger charge is -2.04. The fraction of sp³-hybridized carbons (Fsp3) is 0.923. The second-order valence-corrected chi connectivity index (χ2v) is 4.20. The summed E-state index contributed by atoms with van der Waals surface area (Å²) in [5, 5.41) is 3.25. The molecule has 0 aromatic rings. The van der Waals surface area contributed by atoms with Crippen molar-refractivity contribution in [3.05, 3.63) is 0 Å². The Hall–Kier alpha value is -0.570. The summed E-state index contributed by atoms with van der Waals surface area (Å²) in [4.78, 5) is 10.8. The number of rotatable bonds is 11. The first-order valence-electron chi connectivity index (χ1n) is 6.58. The zero-order valence-corrected chi connectivity index (χ0v) is 10.9. The van der Waals surface area contributed by atoms with Crippen LogP contribution < -0.4 is 5.32 Å². The molecular weight excluding hydrogens is 202 g/mol. The molecule has 0 saturated heterocycles. The molecule has 0 saturated carbocycles. The van der Waals surface area contributed by atoms with E-state index >= 15 is 0 Å². The van der Waals surface area contributed by atoms with Crippen LogP contribution in [0, 0.1) is 0 Å². The van der Waals surface area contributed by atoms with Gasteiger partial charge in [0.15, 0.2) is 0 Å². The molecule has 0 rings (SSSR count). The molecule has 0 aliphatic rings. The lowest BCUT2D eigenvalue weighted by Crippen LogP contribution is -2.19. The monoisotopic (exact) mass is 229 g/mol. The maximum Gasteiger partial charge on any atom is 0.306 e. The molecule has 0 atom stereocenters. The fourth-order valence-electron chi connectivity index (χ4n) is 1.62. The first-order chi connectivity index (χ1) is 7.81. The highest BCUT2D eigenvalue weighted by molar-refractivity contribution is 5.69. The Bertz CT molecular complexity index is 160. The predicted molar refractivity (Wildman–Crippen MR) is 67.5 cm³/mol. The molecule has 0 aliphatic heterocycles. The molecule has 16 heavy (non-hydrogen) atoms. The van der Waals surface area contributed by atoms with Crippen LogP contribution in [0.25, 0.3) is 0 Å². The van der Waals surface area contributed by atoms with E-state index in [0.29, 0.717) is 6.42 Å². The van der Waals surface area contributed by atoms with Gasteiger partial charge in [-0.3, -0.25) is 4.79 Å². The van der Waals surface area contributed by atoms with Crippen LogP contribution in [0.5, 0.6) is 0 Å². The van der Waals surface area contributed by atoms with Gasteiger partial charge in [0.25, 0.3) is 0 Å². The molecule has 1 N–H and O–H groups in total. The van der Waals surface area contributed by atoms with Crippen molar-refractivity contribution in [2.24, 2.45) is 0 Å². The number of ether oxygens (including phenoxy) is 1. The highest BCUT2D eigenvalue weighted by atomic mass is 16.5. The topological polar surface area (TPSA) is 38.3 Å². The summed E-state index contributed by atoms with van der Waals surface area (Å²) in [5.41, 5.74) is 0. The van der Waals surface area contributed by atoms with Gasteiger partial charge in [-0.2, -0.15) is 0 Å². The third kappa shape index (κ3) is 11.5. The second kappa shape index (κ2) is 12.5.